The molecule has 194 valence electrons. The van der Waals surface area contributed by atoms with E-state index in [0.29, 0.717) is 18.7 Å². The summed E-state index contributed by atoms with van der Waals surface area (Å²) in [4.78, 5) is 56.9. The van der Waals surface area contributed by atoms with Crippen molar-refractivity contribution in [2.75, 3.05) is 12.4 Å². The summed E-state index contributed by atoms with van der Waals surface area (Å²) in [7, 11) is 0. The predicted octanol–water partition coefficient (Wildman–Crippen LogP) is 3.11. The number of rotatable bonds is 9. The quantitative estimate of drug-likeness (QED) is 0.446. The summed E-state index contributed by atoms with van der Waals surface area (Å²) >= 11 is 5.66. The zero-order chi connectivity index (χ0) is 26.4. The molecule has 1 unspecified atom stereocenters. The van der Waals surface area contributed by atoms with Gasteiger partial charge < -0.3 is 20.5 Å². The van der Waals surface area contributed by atoms with Crippen LogP contribution in [0.4, 0.5) is 0 Å². The minimum atomic E-state index is -0.776. The maximum Gasteiger partial charge on any atom is 0.268 e. The fraction of sp³-hybridized carbons (Fsp3) is 0.556. The summed E-state index contributed by atoms with van der Waals surface area (Å²) < 4.78 is 0. The van der Waals surface area contributed by atoms with Gasteiger partial charge in [-0.3, -0.25) is 19.2 Å². The van der Waals surface area contributed by atoms with Gasteiger partial charge in [0.25, 0.3) is 5.91 Å². The van der Waals surface area contributed by atoms with Crippen molar-refractivity contribution in [1.29, 1.82) is 0 Å². The summed E-state index contributed by atoms with van der Waals surface area (Å²) in [5.41, 5.74) is 1.15. The number of carbonyl (C=O) groups is 4. The number of likely N-dealkylation sites (tertiary alicyclic amines) is 1. The number of alkyl halides is 1. The number of aromatic amines is 1. The Morgan fingerprint density at radius 2 is 1.83 bits per heavy atom. The smallest absolute Gasteiger partial charge is 0.268 e. The normalized spacial score (nSPS) is 23.8. The minimum absolute atomic E-state index is 0.00358. The van der Waals surface area contributed by atoms with Crippen LogP contribution >= 0.6 is 11.6 Å². The first-order valence-corrected chi connectivity index (χ1v) is 13.1. The second-order valence-electron chi connectivity index (χ2n) is 11.1. The Morgan fingerprint density at radius 3 is 2.47 bits per heavy atom. The third-order valence-corrected chi connectivity index (χ3v) is 8.08. The second-order valence-corrected chi connectivity index (χ2v) is 11.4. The number of fused-ring (bicyclic) bond motifs is 2. The maximum absolute atomic E-state index is 13.8. The molecule has 5 atom stereocenters. The number of aromatic nitrogens is 1. The Balaban J connectivity index is 1.54. The summed E-state index contributed by atoms with van der Waals surface area (Å²) in [5, 5.41) is 6.58. The Kier molecular flexibility index (Phi) is 7.19. The Labute approximate surface area is 216 Å². The Bertz CT molecular complexity index is 1160. The molecule has 2 aliphatic rings. The summed E-state index contributed by atoms with van der Waals surface area (Å²) in [6, 6.07) is 7.15. The third kappa shape index (κ3) is 4.88. The lowest BCUT2D eigenvalue weighted by Gasteiger charge is -2.34. The molecule has 3 amide bonds. The molecule has 1 saturated heterocycles. The second kappa shape index (κ2) is 9.88. The van der Waals surface area contributed by atoms with Gasteiger partial charge in [0.1, 0.15) is 17.8 Å². The molecule has 4 rings (SSSR count). The van der Waals surface area contributed by atoms with Crippen LogP contribution in [-0.4, -0.2) is 63.9 Å². The standard InChI is InChI=1S/C27H35ClN4O4/c1-14(2)10-20(31-24(34)19-11-16-8-6-7-9-18(16)30-19)26(36)32-13-17-22(27(17,4)5)23(32)25(35)29-15(3)21(33)12-28/h6-9,11,14-15,17,20,22-23,30H,10,12-13H2,1-5H3,(H,29,35)(H,31,34)/t15?,17-,20-,22-,23-/m0/s1. The van der Waals surface area contributed by atoms with Crippen LogP contribution in [-0.2, 0) is 14.4 Å². The van der Waals surface area contributed by atoms with E-state index in [1.54, 1.807) is 17.9 Å². The van der Waals surface area contributed by atoms with Crippen molar-refractivity contribution in [3.63, 3.8) is 0 Å². The van der Waals surface area contributed by atoms with E-state index in [-0.39, 0.29) is 52.6 Å². The van der Waals surface area contributed by atoms with Crippen LogP contribution in [0.1, 0.15) is 51.5 Å². The average molecular weight is 515 g/mol. The van der Waals surface area contributed by atoms with E-state index in [1.807, 2.05) is 38.1 Å². The molecule has 1 saturated carbocycles. The van der Waals surface area contributed by atoms with E-state index >= 15 is 0 Å². The van der Waals surface area contributed by atoms with E-state index in [1.165, 1.54) is 0 Å². The van der Waals surface area contributed by atoms with Gasteiger partial charge in [-0.15, -0.1) is 11.6 Å². The molecule has 1 aromatic heterocycles. The highest BCUT2D eigenvalue weighted by atomic mass is 35.5. The highest BCUT2D eigenvalue weighted by Gasteiger charge is 2.69. The van der Waals surface area contributed by atoms with Crippen LogP contribution < -0.4 is 10.6 Å². The molecule has 0 radical (unpaired) electrons. The number of piperidine rings is 1. The number of nitrogens with one attached hydrogen (secondary N) is 3. The molecular formula is C27H35ClN4O4. The monoisotopic (exact) mass is 514 g/mol. The lowest BCUT2D eigenvalue weighted by molar-refractivity contribution is -0.142. The molecular weight excluding hydrogens is 480 g/mol. The highest BCUT2D eigenvalue weighted by Crippen LogP contribution is 2.64. The zero-order valence-electron chi connectivity index (χ0n) is 21.4. The SMILES string of the molecule is CC(C)C[C@H](NC(=O)c1cc2ccccc2[nH]1)C(=O)N1C[C@H]2[C@@H]([C@H]1C(=O)NC(C)C(=O)CCl)C2(C)C. The van der Waals surface area contributed by atoms with Gasteiger partial charge in [-0.1, -0.05) is 45.9 Å². The number of ketones is 1. The van der Waals surface area contributed by atoms with Crippen molar-refractivity contribution >= 4 is 46.0 Å². The molecule has 1 aliphatic heterocycles. The summed E-state index contributed by atoms with van der Waals surface area (Å²) in [6.45, 7) is 10.2. The van der Waals surface area contributed by atoms with Gasteiger partial charge >= 0.3 is 0 Å². The number of H-pyrrole nitrogens is 1. The molecule has 2 heterocycles. The lowest BCUT2D eigenvalue weighted by atomic mass is 9.97. The number of Topliss-reactive ketones (excluding diaryl/α,β-unsaturated/α-hetero) is 1. The van der Waals surface area contributed by atoms with Gasteiger partial charge in [0, 0.05) is 17.4 Å². The van der Waals surface area contributed by atoms with Gasteiger partial charge in [0.2, 0.25) is 11.8 Å². The predicted molar refractivity (Wildman–Crippen MR) is 139 cm³/mol. The third-order valence-electron chi connectivity index (χ3n) is 7.82. The van der Waals surface area contributed by atoms with Crippen LogP contribution in [0.2, 0.25) is 0 Å². The number of amides is 3. The van der Waals surface area contributed by atoms with Crippen molar-refractivity contribution in [3.05, 3.63) is 36.0 Å². The van der Waals surface area contributed by atoms with E-state index in [2.05, 4.69) is 29.5 Å². The molecule has 2 aromatic rings. The topological polar surface area (TPSA) is 111 Å². The first-order chi connectivity index (χ1) is 16.9. The van der Waals surface area contributed by atoms with Crippen molar-refractivity contribution < 1.29 is 19.2 Å². The van der Waals surface area contributed by atoms with Crippen LogP contribution in [0.25, 0.3) is 10.9 Å². The van der Waals surface area contributed by atoms with Crippen LogP contribution in [0.5, 0.6) is 0 Å². The number of benzene rings is 1. The molecule has 8 nitrogen and oxygen atoms in total. The number of halogens is 1. The molecule has 1 aliphatic carbocycles. The number of hydrogen-bond acceptors (Lipinski definition) is 4. The fourth-order valence-corrected chi connectivity index (χ4v) is 5.86. The molecule has 0 spiro atoms. The molecule has 36 heavy (non-hydrogen) atoms. The minimum Gasteiger partial charge on any atom is -0.351 e. The number of para-hydroxylation sites is 1. The van der Waals surface area contributed by atoms with Crippen LogP contribution in [0.3, 0.4) is 0 Å². The Morgan fingerprint density at radius 1 is 1.14 bits per heavy atom. The van der Waals surface area contributed by atoms with Gasteiger partial charge in [0.15, 0.2) is 5.78 Å². The van der Waals surface area contributed by atoms with E-state index in [4.69, 9.17) is 11.6 Å². The molecule has 1 aromatic carbocycles. The highest BCUT2D eigenvalue weighted by molar-refractivity contribution is 6.28. The number of carbonyl (C=O) groups excluding carboxylic acids is 4. The van der Waals surface area contributed by atoms with E-state index in [0.717, 1.165) is 10.9 Å². The number of hydrogen-bond donors (Lipinski definition) is 3. The van der Waals surface area contributed by atoms with Crippen LogP contribution in [0.15, 0.2) is 30.3 Å². The number of nitrogens with zero attached hydrogens (tertiary/aromatic N) is 1. The first-order valence-electron chi connectivity index (χ1n) is 12.5. The molecule has 9 heteroatoms. The van der Waals surface area contributed by atoms with Crippen molar-refractivity contribution in [2.24, 2.45) is 23.2 Å². The largest absolute Gasteiger partial charge is 0.351 e. The van der Waals surface area contributed by atoms with Crippen LogP contribution in [0, 0.1) is 23.2 Å². The molecule has 2 fully saturated rings. The summed E-state index contributed by atoms with van der Waals surface area (Å²) in [6.07, 6.45) is 0.440. The molecule has 3 N–H and O–H groups in total. The summed E-state index contributed by atoms with van der Waals surface area (Å²) in [5.74, 6) is -1.12. The van der Waals surface area contributed by atoms with Gasteiger partial charge in [-0.25, -0.2) is 0 Å². The van der Waals surface area contributed by atoms with Gasteiger partial charge in [-0.05, 0) is 48.6 Å². The van der Waals surface area contributed by atoms with Crippen molar-refractivity contribution in [2.45, 2.75) is 59.2 Å². The van der Waals surface area contributed by atoms with Crippen molar-refractivity contribution in [3.8, 4) is 0 Å². The maximum atomic E-state index is 13.8. The van der Waals surface area contributed by atoms with Crippen molar-refractivity contribution in [1.82, 2.24) is 20.5 Å². The Hall–Kier alpha value is -2.87. The average Bonchev–Trinajstić information content (AvgIpc) is 3.22. The lowest BCUT2D eigenvalue weighted by Crippen LogP contribution is -2.57. The van der Waals surface area contributed by atoms with Gasteiger partial charge in [-0.2, -0.15) is 0 Å². The van der Waals surface area contributed by atoms with Gasteiger partial charge in [0.05, 0.1) is 11.9 Å². The fourth-order valence-electron chi connectivity index (χ4n) is 5.63. The van der Waals surface area contributed by atoms with E-state index in [9.17, 15) is 19.2 Å². The van der Waals surface area contributed by atoms with E-state index < -0.39 is 18.1 Å². The zero-order valence-corrected chi connectivity index (χ0v) is 22.2. The molecule has 0 bridgehead atoms. The first kappa shape index (κ1) is 26.2.